The fourth-order valence-corrected chi connectivity index (χ4v) is 1.51. The SMILES string of the molecule is FC(F)C(F)(F)Oc1ccc(Cl)cc1Br. The Hall–Kier alpha value is -0.490. The molecule has 0 heterocycles. The Balaban J connectivity index is 2.90. The molecule has 0 fully saturated rings. The van der Waals surface area contributed by atoms with Gasteiger partial charge in [0, 0.05) is 5.02 Å². The lowest BCUT2D eigenvalue weighted by molar-refractivity contribution is -0.253. The van der Waals surface area contributed by atoms with E-state index in [0.717, 1.165) is 6.07 Å². The second-order valence-electron chi connectivity index (χ2n) is 2.54. The Labute approximate surface area is 96.1 Å². The summed E-state index contributed by atoms with van der Waals surface area (Å²) in [7, 11) is 0. The van der Waals surface area contributed by atoms with Crippen molar-refractivity contribution in [2.45, 2.75) is 12.5 Å². The van der Waals surface area contributed by atoms with E-state index in [4.69, 9.17) is 11.6 Å². The maximum atomic E-state index is 12.5. The average molecular weight is 307 g/mol. The van der Waals surface area contributed by atoms with Crippen LogP contribution in [0.25, 0.3) is 0 Å². The first-order chi connectivity index (χ1) is 6.83. The topological polar surface area (TPSA) is 9.23 Å². The van der Waals surface area contributed by atoms with Crippen LogP contribution in [0.4, 0.5) is 17.6 Å². The number of halogens is 6. The van der Waals surface area contributed by atoms with E-state index in [1.54, 1.807) is 0 Å². The molecule has 0 saturated carbocycles. The number of rotatable bonds is 3. The van der Waals surface area contributed by atoms with E-state index in [9.17, 15) is 17.6 Å². The van der Waals surface area contributed by atoms with Gasteiger partial charge in [-0.2, -0.15) is 17.6 Å². The van der Waals surface area contributed by atoms with Gasteiger partial charge in [-0.25, -0.2) is 0 Å². The fourth-order valence-electron chi connectivity index (χ4n) is 0.749. The lowest BCUT2D eigenvalue weighted by atomic mass is 10.3. The first-order valence-electron chi connectivity index (χ1n) is 3.63. The third kappa shape index (κ3) is 3.24. The molecular weight excluding hydrogens is 303 g/mol. The van der Waals surface area contributed by atoms with E-state index < -0.39 is 18.3 Å². The second-order valence-corrected chi connectivity index (χ2v) is 3.83. The van der Waals surface area contributed by atoms with Crippen LogP contribution in [0.15, 0.2) is 22.7 Å². The van der Waals surface area contributed by atoms with Gasteiger partial charge in [-0.15, -0.1) is 0 Å². The molecule has 0 spiro atoms. The minimum absolute atomic E-state index is 0.0790. The Morgan fingerprint density at radius 1 is 1.33 bits per heavy atom. The third-order valence-corrected chi connectivity index (χ3v) is 2.25. The summed E-state index contributed by atoms with van der Waals surface area (Å²) in [5, 5.41) is 0.273. The Morgan fingerprint density at radius 2 is 1.93 bits per heavy atom. The molecule has 0 N–H and O–H groups in total. The van der Waals surface area contributed by atoms with E-state index in [-0.39, 0.29) is 9.50 Å². The van der Waals surface area contributed by atoms with Crippen LogP contribution in [0.5, 0.6) is 5.75 Å². The molecule has 0 aromatic heterocycles. The van der Waals surface area contributed by atoms with Gasteiger partial charge in [-0.3, -0.25) is 0 Å². The molecule has 84 valence electrons. The van der Waals surface area contributed by atoms with Crippen LogP contribution in [0, 0.1) is 0 Å². The van der Waals surface area contributed by atoms with Crippen molar-refractivity contribution in [3.8, 4) is 5.75 Å². The summed E-state index contributed by atoms with van der Waals surface area (Å²) in [5.41, 5.74) is 0. The van der Waals surface area contributed by atoms with Gasteiger partial charge in [0.25, 0.3) is 0 Å². The highest BCUT2D eigenvalue weighted by Gasteiger charge is 2.44. The molecule has 0 saturated heterocycles. The van der Waals surface area contributed by atoms with Gasteiger partial charge in [0.1, 0.15) is 5.75 Å². The Bertz CT molecular complexity index is 358. The van der Waals surface area contributed by atoms with Crippen LogP contribution in [-0.2, 0) is 0 Å². The van der Waals surface area contributed by atoms with Crippen molar-refractivity contribution >= 4 is 27.5 Å². The highest BCUT2D eigenvalue weighted by Crippen LogP contribution is 2.34. The lowest BCUT2D eigenvalue weighted by Gasteiger charge is -2.17. The van der Waals surface area contributed by atoms with Gasteiger partial charge in [-0.1, -0.05) is 11.6 Å². The third-order valence-electron chi connectivity index (χ3n) is 1.39. The van der Waals surface area contributed by atoms with Gasteiger partial charge >= 0.3 is 12.5 Å². The van der Waals surface area contributed by atoms with E-state index >= 15 is 0 Å². The van der Waals surface area contributed by atoms with Crippen molar-refractivity contribution in [2.75, 3.05) is 0 Å². The zero-order valence-corrected chi connectivity index (χ0v) is 9.33. The summed E-state index contributed by atoms with van der Waals surface area (Å²) in [6, 6.07) is 3.59. The molecule has 0 amide bonds. The Kier molecular flexibility index (Phi) is 3.83. The number of alkyl halides is 4. The molecule has 1 aromatic carbocycles. The molecule has 0 atom stereocenters. The minimum Gasteiger partial charge on any atom is -0.427 e. The number of hydrogen-bond donors (Lipinski definition) is 0. The molecular formula is C8H4BrClF4O. The lowest BCUT2D eigenvalue weighted by Crippen LogP contribution is -2.33. The second kappa shape index (κ2) is 4.57. The average Bonchev–Trinajstić information content (AvgIpc) is 2.09. The van der Waals surface area contributed by atoms with Crippen molar-refractivity contribution in [2.24, 2.45) is 0 Å². The standard InChI is InChI=1S/C8H4BrClF4O/c9-5-3-4(10)1-2-6(5)15-8(13,14)7(11)12/h1-3,7H. The van der Waals surface area contributed by atoms with Crippen molar-refractivity contribution in [1.82, 2.24) is 0 Å². The molecule has 1 aromatic rings. The van der Waals surface area contributed by atoms with Gasteiger partial charge in [0.15, 0.2) is 0 Å². The van der Waals surface area contributed by atoms with Crippen molar-refractivity contribution < 1.29 is 22.3 Å². The largest absolute Gasteiger partial charge is 0.461 e. The van der Waals surface area contributed by atoms with Gasteiger partial charge < -0.3 is 4.74 Å². The summed E-state index contributed by atoms with van der Waals surface area (Å²) in [6.45, 7) is 0. The van der Waals surface area contributed by atoms with Gasteiger partial charge in [0.2, 0.25) is 0 Å². The Morgan fingerprint density at radius 3 is 2.40 bits per heavy atom. The molecule has 0 radical (unpaired) electrons. The summed E-state index contributed by atoms with van der Waals surface area (Å²) in [5.74, 6) is -0.398. The minimum atomic E-state index is -4.52. The summed E-state index contributed by atoms with van der Waals surface area (Å²) >= 11 is 8.39. The van der Waals surface area contributed by atoms with Crippen LogP contribution in [-0.4, -0.2) is 12.5 Å². The van der Waals surface area contributed by atoms with Crippen LogP contribution in [0.2, 0.25) is 5.02 Å². The predicted molar refractivity (Wildman–Crippen MR) is 50.7 cm³/mol. The number of hydrogen-bond acceptors (Lipinski definition) is 1. The van der Waals surface area contributed by atoms with Crippen LogP contribution in [0.3, 0.4) is 0 Å². The summed E-state index contributed by atoms with van der Waals surface area (Å²) < 4.78 is 52.5. The van der Waals surface area contributed by atoms with E-state index in [1.807, 2.05) is 0 Å². The zero-order valence-electron chi connectivity index (χ0n) is 6.99. The highest BCUT2D eigenvalue weighted by molar-refractivity contribution is 9.10. The van der Waals surface area contributed by atoms with E-state index in [0.29, 0.717) is 0 Å². The summed E-state index contributed by atoms with van der Waals surface area (Å²) in [4.78, 5) is 0. The molecule has 1 rings (SSSR count). The number of ether oxygens (including phenoxy) is 1. The first kappa shape index (κ1) is 12.6. The van der Waals surface area contributed by atoms with E-state index in [2.05, 4.69) is 20.7 Å². The smallest absolute Gasteiger partial charge is 0.427 e. The highest BCUT2D eigenvalue weighted by atomic mass is 79.9. The van der Waals surface area contributed by atoms with E-state index in [1.165, 1.54) is 12.1 Å². The van der Waals surface area contributed by atoms with Crippen molar-refractivity contribution in [3.05, 3.63) is 27.7 Å². The zero-order chi connectivity index (χ0) is 11.6. The maximum absolute atomic E-state index is 12.5. The molecule has 0 bridgehead atoms. The number of benzene rings is 1. The van der Waals surface area contributed by atoms with Crippen LogP contribution >= 0.6 is 27.5 Å². The van der Waals surface area contributed by atoms with Gasteiger partial charge in [-0.05, 0) is 34.1 Å². The van der Waals surface area contributed by atoms with Gasteiger partial charge in [0.05, 0.1) is 4.47 Å². The predicted octanol–water partition coefficient (Wildman–Crippen LogP) is 4.34. The fraction of sp³-hybridized carbons (Fsp3) is 0.250. The molecule has 0 aliphatic rings. The molecule has 0 unspecified atom stereocenters. The molecule has 0 aliphatic heterocycles. The first-order valence-corrected chi connectivity index (χ1v) is 4.80. The molecule has 15 heavy (non-hydrogen) atoms. The van der Waals surface area contributed by atoms with Crippen molar-refractivity contribution in [3.63, 3.8) is 0 Å². The van der Waals surface area contributed by atoms with Crippen molar-refractivity contribution in [1.29, 1.82) is 0 Å². The monoisotopic (exact) mass is 306 g/mol. The molecule has 1 nitrogen and oxygen atoms in total. The molecule has 0 aliphatic carbocycles. The van der Waals surface area contributed by atoms with Crippen LogP contribution < -0.4 is 4.74 Å². The quantitative estimate of drug-likeness (QED) is 0.755. The normalized spacial score (nSPS) is 11.9. The summed E-state index contributed by atoms with van der Waals surface area (Å²) in [6.07, 6.45) is -8.41. The maximum Gasteiger partial charge on any atom is 0.461 e. The van der Waals surface area contributed by atoms with Crippen LogP contribution in [0.1, 0.15) is 0 Å². The molecule has 7 heteroatoms.